The van der Waals surface area contributed by atoms with Gasteiger partial charge in [0.05, 0.1) is 6.54 Å². The Hall–Kier alpha value is -2.70. The lowest BCUT2D eigenvalue weighted by Gasteiger charge is -2.21. The zero-order chi connectivity index (χ0) is 20.5. The number of nitrogens with two attached hydrogens (primary N) is 1. The SMILES string of the molecule is NCCN(CCc1ccccc1)CC(=O)NCc1ccc(N2CCCC2=O)cc1. The molecule has 154 valence electrons. The van der Waals surface area contributed by atoms with Gasteiger partial charge in [-0.2, -0.15) is 0 Å². The summed E-state index contributed by atoms with van der Waals surface area (Å²) < 4.78 is 0. The van der Waals surface area contributed by atoms with Crippen LogP contribution in [0.3, 0.4) is 0 Å². The van der Waals surface area contributed by atoms with Crippen LogP contribution >= 0.6 is 0 Å². The van der Waals surface area contributed by atoms with Crippen molar-refractivity contribution in [3.63, 3.8) is 0 Å². The summed E-state index contributed by atoms with van der Waals surface area (Å²) in [6, 6.07) is 18.1. The van der Waals surface area contributed by atoms with Crippen molar-refractivity contribution in [2.75, 3.05) is 37.6 Å². The van der Waals surface area contributed by atoms with E-state index in [9.17, 15) is 9.59 Å². The molecule has 0 spiro atoms. The Bertz CT molecular complexity index is 792. The fourth-order valence-electron chi connectivity index (χ4n) is 3.56. The van der Waals surface area contributed by atoms with Crippen LogP contribution in [0.2, 0.25) is 0 Å². The Balaban J connectivity index is 1.45. The summed E-state index contributed by atoms with van der Waals surface area (Å²) in [4.78, 5) is 28.1. The second kappa shape index (κ2) is 10.7. The van der Waals surface area contributed by atoms with Gasteiger partial charge in [0.25, 0.3) is 0 Å². The van der Waals surface area contributed by atoms with Crippen LogP contribution in [0.1, 0.15) is 24.0 Å². The predicted molar refractivity (Wildman–Crippen MR) is 116 cm³/mol. The number of benzene rings is 2. The zero-order valence-electron chi connectivity index (χ0n) is 16.8. The molecule has 6 heteroatoms. The maximum Gasteiger partial charge on any atom is 0.234 e. The highest BCUT2D eigenvalue weighted by Crippen LogP contribution is 2.21. The molecule has 0 aliphatic carbocycles. The quantitative estimate of drug-likeness (QED) is 0.645. The molecule has 1 saturated heterocycles. The number of rotatable bonds is 10. The molecule has 29 heavy (non-hydrogen) atoms. The molecule has 1 aliphatic heterocycles. The van der Waals surface area contributed by atoms with Gasteiger partial charge in [0, 0.05) is 44.8 Å². The van der Waals surface area contributed by atoms with E-state index in [2.05, 4.69) is 22.3 Å². The number of anilines is 1. The average molecular weight is 395 g/mol. The van der Waals surface area contributed by atoms with E-state index >= 15 is 0 Å². The van der Waals surface area contributed by atoms with E-state index < -0.39 is 0 Å². The smallest absolute Gasteiger partial charge is 0.234 e. The van der Waals surface area contributed by atoms with Crippen molar-refractivity contribution in [2.45, 2.75) is 25.8 Å². The van der Waals surface area contributed by atoms with Gasteiger partial charge in [0.2, 0.25) is 11.8 Å². The number of hydrogen-bond donors (Lipinski definition) is 2. The minimum atomic E-state index is -0.00897. The van der Waals surface area contributed by atoms with Gasteiger partial charge in [-0.1, -0.05) is 42.5 Å². The summed E-state index contributed by atoms with van der Waals surface area (Å²) in [5.41, 5.74) is 8.91. The number of amides is 2. The fourth-order valence-corrected chi connectivity index (χ4v) is 3.56. The molecular formula is C23H30N4O2. The molecule has 0 atom stereocenters. The third kappa shape index (κ3) is 6.41. The number of carbonyl (C=O) groups is 2. The Labute approximate surface area is 172 Å². The highest BCUT2D eigenvalue weighted by molar-refractivity contribution is 5.95. The molecule has 0 saturated carbocycles. The lowest BCUT2D eigenvalue weighted by Crippen LogP contribution is -2.40. The van der Waals surface area contributed by atoms with Crippen LogP contribution in [0, 0.1) is 0 Å². The van der Waals surface area contributed by atoms with E-state index in [0.29, 0.717) is 32.6 Å². The molecule has 6 nitrogen and oxygen atoms in total. The topological polar surface area (TPSA) is 78.7 Å². The van der Waals surface area contributed by atoms with Crippen molar-refractivity contribution in [2.24, 2.45) is 5.73 Å². The number of carbonyl (C=O) groups excluding carboxylic acids is 2. The highest BCUT2D eigenvalue weighted by Gasteiger charge is 2.21. The summed E-state index contributed by atoms with van der Waals surface area (Å²) >= 11 is 0. The van der Waals surface area contributed by atoms with Crippen LogP contribution in [-0.2, 0) is 22.6 Å². The highest BCUT2D eigenvalue weighted by atomic mass is 16.2. The maximum atomic E-state index is 12.4. The molecule has 1 heterocycles. The second-order valence-corrected chi connectivity index (χ2v) is 7.39. The van der Waals surface area contributed by atoms with E-state index in [0.717, 1.165) is 37.2 Å². The number of hydrogen-bond acceptors (Lipinski definition) is 4. The van der Waals surface area contributed by atoms with Gasteiger partial charge in [0.1, 0.15) is 0 Å². The molecule has 0 unspecified atom stereocenters. The summed E-state index contributed by atoms with van der Waals surface area (Å²) in [5, 5.41) is 2.98. The Morgan fingerprint density at radius 2 is 1.79 bits per heavy atom. The monoisotopic (exact) mass is 394 g/mol. The average Bonchev–Trinajstić information content (AvgIpc) is 3.18. The first kappa shape index (κ1) is 21.0. The van der Waals surface area contributed by atoms with Crippen LogP contribution in [0.15, 0.2) is 54.6 Å². The van der Waals surface area contributed by atoms with Gasteiger partial charge in [-0.3, -0.25) is 14.5 Å². The second-order valence-electron chi connectivity index (χ2n) is 7.39. The first-order chi connectivity index (χ1) is 14.2. The molecule has 0 aromatic heterocycles. The predicted octanol–water partition coefficient (Wildman–Crippen LogP) is 1.93. The van der Waals surface area contributed by atoms with Crippen molar-refractivity contribution in [3.8, 4) is 0 Å². The summed E-state index contributed by atoms with van der Waals surface area (Å²) in [6.07, 6.45) is 2.44. The molecule has 0 bridgehead atoms. The van der Waals surface area contributed by atoms with Crippen molar-refractivity contribution >= 4 is 17.5 Å². The molecule has 0 radical (unpaired) electrons. The van der Waals surface area contributed by atoms with Crippen molar-refractivity contribution in [3.05, 3.63) is 65.7 Å². The first-order valence-electron chi connectivity index (χ1n) is 10.3. The lowest BCUT2D eigenvalue weighted by molar-refractivity contribution is -0.122. The van der Waals surface area contributed by atoms with Gasteiger partial charge < -0.3 is 16.0 Å². The molecule has 1 aliphatic rings. The Kier molecular flexibility index (Phi) is 7.78. The maximum absolute atomic E-state index is 12.4. The molecule has 3 rings (SSSR count). The van der Waals surface area contributed by atoms with E-state index in [1.54, 1.807) is 0 Å². The van der Waals surface area contributed by atoms with Crippen molar-refractivity contribution in [1.82, 2.24) is 10.2 Å². The minimum absolute atomic E-state index is 0.00897. The van der Waals surface area contributed by atoms with E-state index in [-0.39, 0.29) is 11.8 Å². The van der Waals surface area contributed by atoms with Gasteiger partial charge in [-0.15, -0.1) is 0 Å². The summed E-state index contributed by atoms with van der Waals surface area (Å²) in [7, 11) is 0. The number of nitrogens with zero attached hydrogens (tertiary/aromatic N) is 2. The molecule has 2 amide bonds. The summed E-state index contributed by atoms with van der Waals surface area (Å²) in [5.74, 6) is 0.173. The van der Waals surface area contributed by atoms with E-state index in [4.69, 9.17) is 5.73 Å². The van der Waals surface area contributed by atoms with E-state index in [1.165, 1.54) is 5.56 Å². The van der Waals surface area contributed by atoms with Crippen LogP contribution in [0.5, 0.6) is 0 Å². The third-order valence-corrected chi connectivity index (χ3v) is 5.18. The number of nitrogens with one attached hydrogen (secondary N) is 1. The molecule has 2 aromatic rings. The van der Waals surface area contributed by atoms with Crippen molar-refractivity contribution < 1.29 is 9.59 Å². The van der Waals surface area contributed by atoms with Crippen LogP contribution in [-0.4, -0.2) is 49.4 Å². The van der Waals surface area contributed by atoms with Crippen LogP contribution in [0.25, 0.3) is 0 Å². The van der Waals surface area contributed by atoms with Crippen LogP contribution in [0.4, 0.5) is 5.69 Å². The Morgan fingerprint density at radius 1 is 1.03 bits per heavy atom. The fraction of sp³-hybridized carbons (Fsp3) is 0.391. The molecule has 2 aromatic carbocycles. The Morgan fingerprint density at radius 3 is 2.45 bits per heavy atom. The largest absolute Gasteiger partial charge is 0.351 e. The lowest BCUT2D eigenvalue weighted by atomic mass is 10.1. The van der Waals surface area contributed by atoms with Gasteiger partial charge in [-0.25, -0.2) is 0 Å². The van der Waals surface area contributed by atoms with Crippen molar-refractivity contribution in [1.29, 1.82) is 0 Å². The standard InChI is InChI=1S/C23H30N4O2/c24-13-16-26(15-12-19-5-2-1-3-6-19)18-22(28)25-17-20-8-10-21(11-9-20)27-14-4-7-23(27)29/h1-3,5-6,8-11H,4,7,12-18,24H2,(H,25,28). The van der Waals surface area contributed by atoms with Gasteiger partial charge >= 0.3 is 0 Å². The van der Waals surface area contributed by atoms with Gasteiger partial charge in [-0.05, 0) is 36.1 Å². The first-order valence-corrected chi connectivity index (χ1v) is 10.3. The van der Waals surface area contributed by atoms with Crippen LogP contribution < -0.4 is 16.0 Å². The normalized spacial score (nSPS) is 13.9. The zero-order valence-corrected chi connectivity index (χ0v) is 16.8. The molecular weight excluding hydrogens is 364 g/mol. The van der Waals surface area contributed by atoms with E-state index in [1.807, 2.05) is 47.4 Å². The molecule has 3 N–H and O–H groups in total. The minimum Gasteiger partial charge on any atom is -0.351 e. The third-order valence-electron chi connectivity index (χ3n) is 5.18. The molecule has 1 fully saturated rings. The summed E-state index contributed by atoms with van der Waals surface area (Å²) in [6.45, 7) is 3.62. The van der Waals surface area contributed by atoms with Gasteiger partial charge in [0.15, 0.2) is 0 Å².